The number of urea groups is 1. The summed E-state index contributed by atoms with van der Waals surface area (Å²) in [5.74, 6) is -0.571. The Labute approximate surface area is 128 Å². The fraction of sp³-hybridized carbons (Fsp3) is 0.250. The molecule has 0 bridgehead atoms. The first-order valence-electron chi connectivity index (χ1n) is 6.99. The van der Waals surface area contributed by atoms with Gasteiger partial charge in [-0.1, -0.05) is 24.3 Å². The van der Waals surface area contributed by atoms with Crippen molar-refractivity contribution in [1.82, 2.24) is 10.3 Å². The molecule has 5 nitrogen and oxygen atoms in total. The Morgan fingerprint density at radius 1 is 1.23 bits per heavy atom. The molecule has 0 spiro atoms. The van der Waals surface area contributed by atoms with Crippen molar-refractivity contribution in [3.63, 3.8) is 0 Å². The molecule has 22 heavy (non-hydrogen) atoms. The number of nitrogens with zero attached hydrogens (tertiary/aromatic N) is 1. The van der Waals surface area contributed by atoms with Gasteiger partial charge in [0.05, 0.1) is 18.5 Å². The van der Waals surface area contributed by atoms with Crippen molar-refractivity contribution < 1.29 is 13.9 Å². The first-order chi connectivity index (χ1) is 10.7. The van der Waals surface area contributed by atoms with Crippen molar-refractivity contribution in [2.75, 3.05) is 11.9 Å². The molecule has 0 atom stereocenters. The fourth-order valence-corrected chi connectivity index (χ4v) is 1.80. The number of carbonyl (C=O) groups excluding carboxylic acids is 1. The third-order valence-electron chi connectivity index (χ3n) is 2.97. The van der Waals surface area contributed by atoms with E-state index in [9.17, 15) is 9.18 Å². The summed E-state index contributed by atoms with van der Waals surface area (Å²) < 4.78 is 18.7. The SMILES string of the molecule is CCOCc1ccc(CNC(=O)Nc2ccncc2F)cc1. The van der Waals surface area contributed by atoms with Crippen molar-refractivity contribution in [2.45, 2.75) is 20.1 Å². The van der Waals surface area contributed by atoms with Crippen LogP contribution in [0.25, 0.3) is 0 Å². The van der Waals surface area contributed by atoms with Crippen LogP contribution in [0.4, 0.5) is 14.9 Å². The van der Waals surface area contributed by atoms with Gasteiger partial charge in [-0.05, 0) is 24.1 Å². The number of halogens is 1. The standard InChI is InChI=1S/C16H18FN3O2/c1-2-22-11-13-5-3-12(4-6-13)9-19-16(21)20-15-7-8-18-10-14(15)17/h3-8,10H,2,9,11H2,1H3,(H2,18,19,20,21). The highest BCUT2D eigenvalue weighted by Gasteiger charge is 2.06. The number of anilines is 1. The second kappa shape index (κ2) is 8.09. The van der Waals surface area contributed by atoms with Crippen molar-refractivity contribution in [3.8, 4) is 0 Å². The zero-order valence-corrected chi connectivity index (χ0v) is 12.3. The number of nitrogens with one attached hydrogen (secondary N) is 2. The Bertz CT molecular complexity index is 617. The highest BCUT2D eigenvalue weighted by atomic mass is 19.1. The monoisotopic (exact) mass is 303 g/mol. The Kier molecular flexibility index (Phi) is 5.85. The number of pyridine rings is 1. The molecule has 1 heterocycles. The molecular weight excluding hydrogens is 285 g/mol. The summed E-state index contributed by atoms with van der Waals surface area (Å²) >= 11 is 0. The molecule has 1 aromatic heterocycles. The van der Waals surface area contributed by atoms with Crippen LogP contribution in [0, 0.1) is 5.82 Å². The van der Waals surface area contributed by atoms with Crippen LogP contribution in [-0.2, 0) is 17.9 Å². The van der Waals surface area contributed by atoms with E-state index in [0.29, 0.717) is 19.8 Å². The van der Waals surface area contributed by atoms with E-state index in [1.807, 2.05) is 31.2 Å². The average molecular weight is 303 g/mol. The minimum Gasteiger partial charge on any atom is -0.377 e. The average Bonchev–Trinajstić information content (AvgIpc) is 2.54. The van der Waals surface area contributed by atoms with Crippen molar-refractivity contribution >= 4 is 11.7 Å². The molecule has 0 saturated heterocycles. The molecule has 1 aromatic carbocycles. The van der Waals surface area contributed by atoms with E-state index >= 15 is 0 Å². The van der Waals surface area contributed by atoms with Crippen LogP contribution >= 0.6 is 0 Å². The number of amides is 2. The predicted octanol–water partition coefficient (Wildman–Crippen LogP) is 3.08. The van der Waals surface area contributed by atoms with Crippen LogP contribution in [0.15, 0.2) is 42.7 Å². The Morgan fingerprint density at radius 3 is 2.64 bits per heavy atom. The van der Waals surface area contributed by atoms with Crippen LogP contribution < -0.4 is 10.6 Å². The molecule has 0 aliphatic rings. The molecule has 0 unspecified atom stereocenters. The van der Waals surface area contributed by atoms with Crippen LogP contribution in [0.3, 0.4) is 0 Å². The van der Waals surface area contributed by atoms with Gasteiger partial charge < -0.3 is 15.4 Å². The van der Waals surface area contributed by atoms with E-state index in [1.165, 1.54) is 12.3 Å². The Hall–Kier alpha value is -2.47. The topological polar surface area (TPSA) is 63.2 Å². The largest absolute Gasteiger partial charge is 0.377 e. The highest BCUT2D eigenvalue weighted by molar-refractivity contribution is 5.89. The van der Waals surface area contributed by atoms with Crippen LogP contribution in [0.2, 0.25) is 0 Å². The minimum atomic E-state index is -0.571. The fourth-order valence-electron chi connectivity index (χ4n) is 1.80. The van der Waals surface area contributed by atoms with Crippen molar-refractivity contribution in [2.24, 2.45) is 0 Å². The maximum atomic E-state index is 13.3. The number of hydrogen-bond acceptors (Lipinski definition) is 3. The maximum Gasteiger partial charge on any atom is 0.319 e. The predicted molar refractivity (Wildman–Crippen MR) is 81.8 cm³/mol. The number of rotatable bonds is 6. The molecule has 2 amide bonds. The van der Waals surface area contributed by atoms with Gasteiger partial charge in [0.2, 0.25) is 0 Å². The van der Waals surface area contributed by atoms with Gasteiger partial charge in [0.15, 0.2) is 5.82 Å². The van der Waals surface area contributed by atoms with Gasteiger partial charge >= 0.3 is 6.03 Å². The van der Waals surface area contributed by atoms with E-state index in [4.69, 9.17) is 4.74 Å². The number of carbonyl (C=O) groups is 1. The summed E-state index contributed by atoms with van der Waals surface area (Å²) in [6, 6.07) is 8.67. The van der Waals surface area contributed by atoms with E-state index in [1.54, 1.807) is 0 Å². The van der Waals surface area contributed by atoms with E-state index in [0.717, 1.165) is 17.3 Å². The Morgan fingerprint density at radius 2 is 1.95 bits per heavy atom. The molecule has 2 aromatic rings. The van der Waals surface area contributed by atoms with Gasteiger partial charge in [0.25, 0.3) is 0 Å². The number of ether oxygens (including phenoxy) is 1. The van der Waals surface area contributed by atoms with Crippen LogP contribution in [0.1, 0.15) is 18.1 Å². The molecule has 0 aliphatic heterocycles. The van der Waals surface area contributed by atoms with E-state index in [-0.39, 0.29) is 5.69 Å². The molecule has 6 heteroatoms. The molecule has 0 radical (unpaired) electrons. The number of hydrogen-bond donors (Lipinski definition) is 2. The maximum absolute atomic E-state index is 13.3. The summed E-state index contributed by atoms with van der Waals surface area (Å²) in [6.07, 6.45) is 2.46. The third-order valence-corrected chi connectivity index (χ3v) is 2.97. The Balaban J connectivity index is 1.82. The third kappa shape index (κ3) is 4.82. The molecule has 116 valence electrons. The van der Waals surface area contributed by atoms with Gasteiger partial charge in [-0.25, -0.2) is 9.18 Å². The molecule has 0 fully saturated rings. The van der Waals surface area contributed by atoms with Gasteiger partial charge in [-0.2, -0.15) is 0 Å². The highest BCUT2D eigenvalue weighted by Crippen LogP contribution is 2.10. The zero-order chi connectivity index (χ0) is 15.8. The lowest BCUT2D eigenvalue weighted by molar-refractivity contribution is 0.134. The quantitative estimate of drug-likeness (QED) is 0.862. The number of aromatic nitrogens is 1. The van der Waals surface area contributed by atoms with Gasteiger partial charge in [0, 0.05) is 19.3 Å². The van der Waals surface area contributed by atoms with Crippen molar-refractivity contribution in [1.29, 1.82) is 0 Å². The van der Waals surface area contributed by atoms with E-state index < -0.39 is 11.8 Å². The summed E-state index contributed by atoms with van der Waals surface area (Å²) in [5.41, 5.74) is 2.12. The lowest BCUT2D eigenvalue weighted by atomic mass is 10.1. The normalized spacial score (nSPS) is 10.3. The lowest BCUT2D eigenvalue weighted by Crippen LogP contribution is -2.28. The summed E-state index contributed by atoms with van der Waals surface area (Å²) in [4.78, 5) is 15.3. The summed E-state index contributed by atoms with van der Waals surface area (Å²) in [7, 11) is 0. The minimum absolute atomic E-state index is 0.0968. The first-order valence-corrected chi connectivity index (χ1v) is 6.99. The molecule has 0 saturated carbocycles. The van der Waals surface area contributed by atoms with Crippen LogP contribution in [0.5, 0.6) is 0 Å². The van der Waals surface area contributed by atoms with Gasteiger partial charge in [-0.15, -0.1) is 0 Å². The second-order valence-electron chi connectivity index (χ2n) is 4.62. The van der Waals surface area contributed by atoms with Gasteiger partial charge in [-0.3, -0.25) is 4.98 Å². The molecule has 0 aliphatic carbocycles. The molecule has 2 N–H and O–H groups in total. The van der Waals surface area contributed by atoms with Gasteiger partial charge in [0.1, 0.15) is 0 Å². The summed E-state index contributed by atoms with van der Waals surface area (Å²) in [6.45, 7) is 3.55. The number of benzene rings is 1. The van der Waals surface area contributed by atoms with Crippen molar-refractivity contribution in [3.05, 3.63) is 59.7 Å². The second-order valence-corrected chi connectivity index (χ2v) is 4.62. The lowest BCUT2D eigenvalue weighted by Gasteiger charge is -2.09. The molecule has 2 rings (SSSR count). The van der Waals surface area contributed by atoms with Crippen LogP contribution in [-0.4, -0.2) is 17.6 Å². The van der Waals surface area contributed by atoms with E-state index in [2.05, 4.69) is 15.6 Å². The first kappa shape index (κ1) is 15.9. The summed E-state index contributed by atoms with van der Waals surface area (Å²) in [5, 5.41) is 5.10. The molecular formula is C16H18FN3O2. The smallest absolute Gasteiger partial charge is 0.319 e. The zero-order valence-electron chi connectivity index (χ0n) is 12.3.